The molecular weight excluding hydrogens is 214 g/mol. The highest BCUT2D eigenvalue weighted by Gasteiger charge is 2.06. The zero-order valence-electron chi connectivity index (χ0n) is 9.68. The Kier molecular flexibility index (Phi) is 3.30. The molecule has 17 heavy (non-hydrogen) atoms. The van der Waals surface area contributed by atoms with Gasteiger partial charge in [-0.2, -0.15) is 0 Å². The third kappa shape index (κ3) is 2.40. The molecule has 0 fully saturated rings. The SMILES string of the molecule is COc1ccc(CN)cc1-c1ccc(O)cc1. The molecule has 3 nitrogen and oxygen atoms in total. The number of ether oxygens (including phenoxy) is 1. The van der Waals surface area contributed by atoms with E-state index in [1.807, 2.05) is 30.3 Å². The van der Waals surface area contributed by atoms with Gasteiger partial charge in [0.15, 0.2) is 0 Å². The van der Waals surface area contributed by atoms with E-state index < -0.39 is 0 Å². The lowest BCUT2D eigenvalue weighted by atomic mass is 10.0. The molecule has 0 amide bonds. The second-order valence-corrected chi connectivity index (χ2v) is 3.79. The van der Waals surface area contributed by atoms with Crippen molar-refractivity contribution in [1.29, 1.82) is 0 Å². The average Bonchev–Trinajstić information content (AvgIpc) is 2.39. The minimum atomic E-state index is 0.252. The first-order valence-electron chi connectivity index (χ1n) is 5.41. The smallest absolute Gasteiger partial charge is 0.126 e. The van der Waals surface area contributed by atoms with Crippen molar-refractivity contribution in [3.8, 4) is 22.6 Å². The highest BCUT2D eigenvalue weighted by molar-refractivity contribution is 5.71. The number of benzene rings is 2. The molecule has 0 aromatic heterocycles. The Hall–Kier alpha value is -2.00. The first-order valence-corrected chi connectivity index (χ1v) is 5.41. The predicted molar refractivity (Wildman–Crippen MR) is 68.0 cm³/mol. The molecule has 0 atom stereocenters. The van der Waals surface area contributed by atoms with Gasteiger partial charge in [-0.05, 0) is 35.4 Å². The molecule has 2 aromatic carbocycles. The molecule has 0 unspecified atom stereocenters. The number of methoxy groups -OCH3 is 1. The molecule has 0 saturated carbocycles. The number of aromatic hydroxyl groups is 1. The lowest BCUT2D eigenvalue weighted by Crippen LogP contribution is -1.97. The number of phenolic OH excluding ortho intramolecular Hbond substituents is 1. The van der Waals surface area contributed by atoms with Crippen molar-refractivity contribution in [3.05, 3.63) is 48.0 Å². The summed E-state index contributed by atoms with van der Waals surface area (Å²) in [6.07, 6.45) is 0. The van der Waals surface area contributed by atoms with Gasteiger partial charge in [0.25, 0.3) is 0 Å². The highest BCUT2D eigenvalue weighted by Crippen LogP contribution is 2.31. The Balaban J connectivity index is 2.51. The van der Waals surface area contributed by atoms with Crippen molar-refractivity contribution >= 4 is 0 Å². The first-order chi connectivity index (χ1) is 8.24. The fourth-order valence-corrected chi connectivity index (χ4v) is 1.75. The Morgan fingerprint density at radius 1 is 1.12 bits per heavy atom. The van der Waals surface area contributed by atoms with Crippen LogP contribution in [-0.2, 0) is 6.54 Å². The average molecular weight is 229 g/mol. The standard InChI is InChI=1S/C14H15NO2/c1-17-14-7-2-10(9-15)8-13(14)11-3-5-12(16)6-4-11/h2-8,16H,9,15H2,1H3. The van der Waals surface area contributed by atoms with Gasteiger partial charge in [0, 0.05) is 12.1 Å². The molecule has 88 valence electrons. The van der Waals surface area contributed by atoms with Gasteiger partial charge in [-0.3, -0.25) is 0 Å². The van der Waals surface area contributed by atoms with Crippen molar-refractivity contribution in [2.45, 2.75) is 6.54 Å². The van der Waals surface area contributed by atoms with Crippen LogP contribution in [0.1, 0.15) is 5.56 Å². The van der Waals surface area contributed by atoms with Crippen LogP contribution >= 0.6 is 0 Å². The van der Waals surface area contributed by atoms with Gasteiger partial charge >= 0.3 is 0 Å². The lowest BCUT2D eigenvalue weighted by Gasteiger charge is -2.10. The van der Waals surface area contributed by atoms with E-state index in [2.05, 4.69) is 0 Å². The van der Waals surface area contributed by atoms with Gasteiger partial charge in [0.2, 0.25) is 0 Å². The first kappa shape index (κ1) is 11.5. The van der Waals surface area contributed by atoms with E-state index in [1.165, 1.54) is 0 Å². The molecule has 3 heteroatoms. The molecule has 0 aliphatic heterocycles. The number of nitrogens with two attached hydrogens (primary N) is 1. The summed E-state index contributed by atoms with van der Waals surface area (Å²) >= 11 is 0. The van der Waals surface area contributed by atoms with E-state index in [9.17, 15) is 5.11 Å². The van der Waals surface area contributed by atoms with Crippen LogP contribution in [0.4, 0.5) is 0 Å². The lowest BCUT2D eigenvalue weighted by molar-refractivity contribution is 0.416. The third-order valence-corrected chi connectivity index (χ3v) is 2.68. The van der Waals surface area contributed by atoms with Crippen LogP contribution in [0.15, 0.2) is 42.5 Å². The molecule has 0 spiro atoms. The second kappa shape index (κ2) is 4.89. The topological polar surface area (TPSA) is 55.5 Å². The zero-order valence-corrected chi connectivity index (χ0v) is 9.68. The van der Waals surface area contributed by atoms with Crippen LogP contribution in [0.25, 0.3) is 11.1 Å². The molecule has 3 N–H and O–H groups in total. The zero-order chi connectivity index (χ0) is 12.3. The van der Waals surface area contributed by atoms with Crippen LogP contribution in [0.5, 0.6) is 11.5 Å². The summed E-state index contributed by atoms with van der Waals surface area (Å²) in [5.41, 5.74) is 8.66. The molecule has 0 aliphatic rings. The molecule has 0 bridgehead atoms. The summed E-state index contributed by atoms with van der Waals surface area (Å²) in [5, 5.41) is 9.28. The number of hydrogen-bond donors (Lipinski definition) is 2. The molecule has 0 aliphatic carbocycles. The van der Waals surface area contributed by atoms with E-state index >= 15 is 0 Å². The maximum absolute atomic E-state index is 9.28. The largest absolute Gasteiger partial charge is 0.508 e. The van der Waals surface area contributed by atoms with Crippen molar-refractivity contribution < 1.29 is 9.84 Å². The molecular formula is C14H15NO2. The summed E-state index contributed by atoms with van der Waals surface area (Å²) in [7, 11) is 1.64. The molecule has 0 saturated heterocycles. The minimum Gasteiger partial charge on any atom is -0.508 e. The monoisotopic (exact) mass is 229 g/mol. The van der Waals surface area contributed by atoms with Crippen LogP contribution in [0, 0.1) is 0 Å². The fourth-order valence-electron chi connectivity index (χ4n) is 1.75. The van der Waals surface area contributed by atoms with E-state index in [1.54, 1.807) is 19.2 Å². The third-order valence-electron chi connectivity index (χ3n) is 2.68. The van der Waals surface area contributed by atoms with Crippen molar-refractivity contribution in [1.82, 2.24) is 0 Å². The van der Waals surface area contributed by atoms with Crippen LogP contribution < -0.4 is 10.5 Å². The van der Waals surface area contributed by atoms with Gasteiger partial charge in [-0.25, -0.2) is 0 Å². The van der Waals surface area contributed by atoms with Gasteiger partial charge in [-0.1, -0.05) is 18.2 Å². The Bertz CT molecular complexity index is 506. The van der Waals surface area contributed by atoms with E-state index in [0.29, 0.717) is 6.54 Å². The summed E-state index contributed by atoms with van der Waals surface area (Å²) in [6, 6.07) is 12.9. The number of hydrogen-bond acceptors (Lipinski definition) is 3. The summed E-state index contributed by atoms with van der Waals surface area (Å²) in [6.45, 7) is 0.495. The second-order valence-electron chi connectivity index (χ2n) is 3.79. The Morgan fingerprint density at radius 3 is 2.41 bits per heavy atom. The van der Waals surface area contributed by atoms with Gasteiger partial charge < -0.3 is 15.6 Å². The van der Waals surface area contributed by atoms with Crippen LogP contribution in [0.3, 0.4) is 0 Å². The Morgan fingerprint density at radius 2 is 1.82 bits per heavy atom. The van der Waals surface area contributed by atoms with Gasteiger partial charge in [0.1, 0.15) is 11.5 Å². The number of phenols is 1. The molecule has 2 aromatic rings. The van der Waals surface area contributed by atoms with Crippen molar-refractivity contribution in [3.63, 3.8) is 0 Å². The molecule has 2 rings (SSSR count). The quantitative estimate of drug-likeness (QED) is 0.850. The van der Waals surface area contributed by atoms with E-state index in [0.717, 1.165) is 22.4 Å². The highest BCUT2D eigenvalue weighted by atomic mass is 16.5. The summed E-state index contributed by atoms with van der Waals surface area (Å²) in [5.74, 6) is 1.05. The maximum Gasteiger partial charge on any atom is 0.126 e. The van der Waals surface area contributed by atoms with E-state index in [4.69, 9.17) is 10.5 Å². The van der Waals surface area contributed by atoms with Crippen LogP contribution in [-0.4, -0.2) is 12.2 Å². The predicted octanol–water partition coefficient (Wildman–Crippen LogP) is 2.53. The van der Waals surface area contributed by atoms with Crippen molar-refractivity contribution in [2.75, 3.05) is 7.11 Å². The molecule has 0 heterocycles. The van der Waals surface area contributed by atoms with E-state index in [-0.39, 0.29) is 5.75 Å². The van der Waals surface area contributed by atoms with Gasteiger partial charge in [-0.15, -0.1) is 0 Å². The fraction of sp³-hybridized carbons (Fsp3) is 0.143. The maximum atomic E-state index is 9.28. The van der Waals surface area contributed by atoms with Crippen LogP contribution in [0.2, 0.25) is 0 Å². The normalized spacial score (nSPS) is 10.2. The van der Waals surface area contributed by atoms with Crippen molar-refractivity contribution in [2.24, 2.45) is 5.73 Å². The molecule has 0 radical (unpaired) electrons. The summed E-state index contributed by atoms with van der Waals surface area (Å²) < 4.78 is 5.33. The minimum absolute atomic E-state index is 0.252. The summed E-state index contributed by atoms with van der Waals surface area (Å²) in [4.78, 5) is 0. The Labute approximate surface area is 100 Å². The number of rotatable bonds is 3. The van der Waals surface area contributed by atoms with Gasteiger partial charge in [0.05, 0.1) is 7.11 Å².